The number of anilines is 1. The predicted molar refractivity (Wildman–Crippen MR) is 88.9 cm³/mol. The molecule has 0 unspecified atom stereocenters. The lowest BCUT2D eigenvalue weighted by Crippen LogP contribution is -2.15. The van der Waals surface area contributed by atoms with E-state index in [4.69, 9.17) is 15.2 Å². The van der Waals surface area contributed by atoms with E-state index in [1.165, 1.54) is 0 Å². The van der Waals surface area contributed by atoms with Gasteiger partial charge in [0.25, 0.3) is 5.91 Å². The number of hydrogen-bond acceptors (Lipinski definition) is 5. The zero-order valence-corrected chi connectivity index (χ0v) is 13.3. The molecule has 0 aliphatic rings. The van der Waals surface area contributed by atoms with Gasteiger partial charge in [0.1, 0.15) is 18.1 Å². The highest BCUT2D eigenvalue weighted by Gasteiger charge is 2.10. The fourth-order valence-electron chi connectivity index (χ4n) is 1.85. The number of hydrogen-bond donors (Lipinski definition) is 2. The van der Waals surface area contributed by atoms with Crippen molar-refractivity contribution in [3.63, 3.8) is 0 Å². The maximum Gasteiger partial charge on any atom is 0.274 e. The van der Waals surface area contributed by atoms with Gasteiger partial charge in [-0.2, -0.15) is 0 Å². The van der Waals surface area contributed by atoms with E-state index < -0.39 is 0 Å². The molecule has 0 aliphatic carbocycles. The van der Waals surface area contributed by atoms with Gasteiger partial charge in [-0.15, -0.1) is 0 Å². The van der Waals surface area contributed by atoms with Gasteiger partial charge in [0, 0.05) is 18.3 Å². The van der Waals surface area contributed by atoms with E-state index in [0.717, 1.165) is 0 Å². The summed E-state index contributed by atoms with van der Waals surface area (Å²) in [5.74, 6) is 0.840. The molecule has 6 nitrogen and oxygen atoms in total. The van der Waals surface area contributed by atoms with Crippen molar-refractivity contribution in [3.05, 3.63) is 48.2 Å². The van der Waals surface area contributed by atoms with Gasteiger partial charge in [-0.3, -0.25) is 4.79 Å². The summed E-state index contributed by atoms with van der Waals surface area (Å²) in [5, 5.41) is 2.78. The second-order valence-electron chi connectivity index (χ2n) is 5.14. The summed E-state index contributed by atoms with van der Waals surface area (Å²) in [4.78, 5) is 16.4. The summed E-state index contributed by atoms with van der Waals surface area (Å²) >= 11 is 0. The van der Waals surface area contributed by atoms with E-state index in [1.54, 1.807) is 42.5 Å². The van der Waals surface area contributed by atoms with Crippen LogP contribution in [0.2, 0.25) is 0 Å². The van der Waals surface area contributed by atoms with Gasteiger partial charge in [0.15, 0.2) is 0 Å². The van der Waals surface area contributed by atoms with Crippen LogP contribution in [0.25, 0.3) is 0 Å². The van der Waals surface area contributed by atoms with Crippen LogP contribution in [-0.4, -0.2) is 30.1 Å². The Hall–Kier alpha value is -2.60. The Labute approximate surface area is 135 Å². The first-order valence-electron chi connectivity index (χ1n) is 7.46. The quantitative estimate of drug-likeness (QED) is 0.819. The first-order valence-corrected chi connectivity index (χ1v) is 7.46. The summed E-state index contributed by atoms with van der Waals surface area (Å²) in [6.45, 7) is 4.72. The van der Waals surface area contributed by atoms with Crippen molar-refractivity contribution in [2.24, 2.45) is 5.73 Å². The Bertz CT molecular complexity index is 642. The Kier molecular flexibility index (Phi) is 5.94. The Morgan fingerprint density at radius 2 is 1.96 bits per heavy atom. The molecule has 0 bridgehead atoms. The smallest absolute Gasteiger partial charge is 0.274 e. The van der Waals surface area contributed by atoms with Crippen molar-refractivity contribution < 1.29 is 14.3 Å². The molecule has 2 aromatic rings. The highest BCUT2D eigenvalue weighted by molar-refractivity contribution is 6.02. The molecule has 0 fully saturated rings. The van der Waals surface area contributed by atoms with Crippen LogP contribution in [-0.2, 0) is 0 Å². The molecule has 1 aromatic heterocycles. The van der Waals surface area contributed by atoms with Gasteiger partial charge in [0.05, 0.1) is 6.10 Å². The van der Waals surface area contributed by atoms with Gasteiger partial charge < -0.3 is 20.5 Å². The minimum atomic E-state index is -0.296. The second kappa shape index (κ2) is 8.14. The normalized spacial score (nSPS) is 10.4. The number of ether oxygens (including phenoxy) is 2. The zero-order chi connectivity index (χ0) is 16.7. The topological polar surface area (TPSA) is 86.5 Å². The summed E-state index contributed by atoms with van der Waals surface area (Å²) < 4.78 is 10.9. The fraction of sp³-hybridized carbons (Fsp3) is 0.294. The third kappa shape index (κ3) is 5.27. The number of pyridine rings is 1. The highest BCUT2D eigenvalue weighted by atomic mass is 16.5. The largest absolute Gasteiger partial charge is 0.492 e. The molecule has 23 heavy (non-hydrogen) atoms. The molecule has 3 N–H and O–H groups in total. The molecule has 122 valence electrons. The van der Waals surface area contributed by atoms with Gasteiger partial charge in [-0.25, -0.2) is 4.98 Å². The van der Waals surface area contributed by atoms with Crippen molar-refractivity contribution >= 4 is 11.6 Å². The number of carbonyl (C=O) groups excluding carboxylic acids is 1. The average Bonchev–Trinajstić information content (AvgIpc) is 2.54. The van der Waals surface area contributed by atoms with E-state index in [2.05, 4.69) is 10.3 Å². The van der Waals surface area contributed by atoms with Gasteiger partial charge >= 0.3 is 0 Å². The van der Waals surface area contributed by atoms with Crippen LogP contribution in [0.3, 0.4) is 0 Å². The number of nitrogens with one attached hydrogen (secondary N) is 1. The van der Waals surface area contributed by atoms with Crippen LogP contribution in [0, 0.1) is 0 Å². The van der Waals surface area contributed by atoms with Gasteiger partial charge in [-0.05, 0) is 44.2 Å². The fourth-order valence-corrected chi connectivity index (χ4v) is 1.85. The molecule has 0 saturated heterocycles. The number of aromatic nitrogens is 1. The van der Waals surface area contributed by atoms with Crippen LogP contribution in [0.15, 0.2) is 42.5 Å². The van der Waals surface area contributed by atoms with E-state index >= 15 is 0 Å². The standard InChI is InChI=1S/C17H21N3O3/c1-12(2)23-16-5-3-4-15(20-16)17(21)19-13-6-8-14(9-7-13)22-11-10-18/h3-9,12H,10-11,18H2,1-2H3,(H,19,21). The van der Waals surface area contributed by atoms with Crippen molar-refractivity contribution in [1.82, 2.24) is 4.98 Å². The lowest BCUT2D eigenvalue weighted by atomic mass is 10.2. The molecule has 0 aliphatic heterocycles. The molecule has 0 spiro atoms. The minimum Gasteiger partial charge on any atom is -0.492 e. The molecule has 1 amide bonds. The lowest BCUT2D eigenvalue weighted by molar-refractivity contribution is 0.102. The molecule has 0 atom stereocenters. The lowest BCUT2D eigenvalue weighted by Gasteiger charge is -2.10. The van der Waals surface area contributed by atoms with E-state index in [9.17, 15) is 4.79 Å². The molecular formula is C17H21N3O3. The molecule has 0 radical (unpaired) electrons. The average molecular weight is 315 g/mol. The van der Waals surface area contributed by atoms with E-state index in [0.29, 0.717) is 36.2 Å². The Morgan fingerprint density at radius 3 is 2.61 bits per heavy atom. The molecule has 2 rings (SSSR count). The van der Waals surface area contributed by atoms with Crippen LogP contribution < -0.4 is 20.5 Å². The van der Waals surface area contributed by atoms with Gasteiger partial charge in [0.2, 0.25) is 5.88 Å². The third-order valence-electron chi connectivity index (χ3n) is 2.81. The number of rotatable bonds is 7. The number of nitrogens with two attached hydrogens (primary N) is 1. The number of benzene rings is 1. The van der Waals surface area contributed by atoms with Crippen LogP contribution in [0.4, 0.5) is 5.69 Å². The van der Waals surface area contributed by atoms with Gasteiger partial charge in [-0.1, -0.05) is 6.07 Å². The minimum absolute atomic E-state index is 0.00174. The predicted octanol–water partition coefficient (Wildman–Crippen LogP) is 2.46. The van der Waals surface area contributed by atoms with Crippen molar-refractivity contribution in [2.75, 3.05) is 18.5 Å². The second-order valence-corrected chi connectivity index (χ2v) is 5.14. The van der Waals surface area contributed by atoms with Crippen LogP contribution >= 0.6 is 0 Å². The van der Waals surface area contributed by atoms with Crippen molar-refractivity contribution in [2.45, 2.75) is 20.0 Å². The molecule has 1 heterocycles. The number of nitrogens with zero attached hydrogens (tertiary/aromatic N) is 1. The summed E-state index contributed by atoms with van der Waals surface area (Å²) in [5.41, 5.74) is 6.34. The van der Waals surface area contributed by atoms with E-state index in [-0.39, 0.29) is 12.0 Å². The monoisotopic (exact) mass is 315 g/mol. The molecule has 1 aromatic carbocycles. The van der Waals surface area contributed by atoms with Crippen LogP contribution in [0.5, 0.6) is 11.6 Å². The Balaban J connectivity index is 2.01. The maximum atomic E-state index is 12.2. The first kappa shape index (κ1) is 16.8. The Morgan fingerprint density at radius 1 is 1.22 bits per heavy atom. The number of amides is 1. The van der Waals surface area contributed by atoms with Crippen LogP contribution in [0.1, 0.15) is 24.3 Å². The highest BCUT2D eigenvalue weighted by Crippen LogP contribution is 2.17. The van der Waals surface area contributed by atoms with Crippen molar-refractivity contribution in [1.29, 1.82) is 0 Å². The van der Waals surface area contributed by atoms with Crippen molar-refractivity contribution in [3.8, 4) is 11.6 Å². The zero-order valence-electron chi connectivity index (χ0n) is 13.3. The first-order chi connectivity index (χ1) is 11.1. The number of carbonyl (C=O) groups is 1. The summed E-state index contributed by atoms with van der Waals surface area (Å²) in [6.07, 6.45) is 0.00174. The SMILES string of the molecule is CC(C)Oc1cccc(C(=O)Nc2ccc(OCCN)cc2)n1. The maximum absolute atomic E-state index is 12.2. The third-order valence-corrected chi connectivity index (χ3v) is 2.81. The van der Waals surface area contributed by atoms with E-state index in [1.807, 2.05) is 13.8 Å². The molecular weight excluding hydrogens is 294 g/mol. The molecule has 0 saturated carbocycles. The molecule has 6 heteroatoms. The summed E-state index contributed by atoms with van der Waals surface area (Å²) in [7, 11) is 0. The summed E-state index contributed by atoms with van der Waals surface area (Å²) in [6, 6.07) is 12.2.